The molecule has 0 radical (unpaired) electrons. The molecule has 0 aromatic heterocycles. The molecule has 3 saturated heterocycles. The lowest BCUT2D eigenvalue weighted by Gasteiger charge is -2.53. The minimum Gasteiger partial charge on any atom is -0.497 e. The Labute approximate surface area is 253 Å². The number of hydrogen-bond donors (Lipinski definition) is 2. The number of hydrogen-bond acceptors (Lipinski definition) is 6. The first-order valence-electron chi connectivity index (χ1n) is 15.8. The van der Waals surface area contributed by atoms with Gasteiger partial charge in [0.1, 0.15) is 11.6 Å². The van der Waals surface area contributed by atoms with Crippen molar-refractivity contribution in [3.63, 3.8) is 0 Å². The molecule has 1 aliphatic carbocycles. The fourth-order valence-corrected chi connectivity index (χ4v) is 7.88. The second-order valence-electron chi connectivity index (χ2n) is 13.3. The first kappa shape index (κ1) is 29.6. The summed E-state index contributed by atoms with van der Waals surface area (Å²) in [5, 5.41) is 5.58. The number of likely N-dealkylation sites (tertiary alicyclic amines) is 1. The van der Waals surface area contributed by atoms with Gasteiger partial charge in [-0.25, -0.2) is 4.39 Å². The minimum absolute atomic E-state index is 0.0261. The third-order valence-electron chi connectivity index (χ3n) is 10.4. The molecule has 2 N–H and O–H groups in total. The number of imide groups is 1. The Hall–Kier alpha value is -3.46. The normalized spacial score (nSPS) is 26.1. The molecular formula is C34H43FN4O4. The number of piperidine rings is 3. The molecule has 8 nitrogen and oxygen atoms in total. The van der Waals surface area contributed by atoms with Crippen molar-refractivity contribution in [3.8, 4) is 5.75 Å². The van der Waals surface area contributed by atoms with Gasteiger partial charge in [-0.1, -0.05) is 12.1 Å². The average molecular weight is 591 g/mol. The van der Waals surface area contributed by atoms with E-state index >= 15 is 4.39 Å². The highest BCUT2D eigenvalue weighted by Gasteiger charge is 2.46. The van der Waals surface area contributed by atoms with E-state index in [4.69, 9.17) is 4.74 Å². The zero-order valence-corrected chi connectivity index (χ0v) is 25.2. The molecule has 230 valence electrons. The van der Waals surface area contributed by atoms with Crippen molar-refractivity contribution < 1.29 is 23.5 Å². The highest BCUT2D eigenvalue weighted by molar-refractivity contribution is 6.01. The largest absolute Gasteiger partial charge is 0.497 e. The lowest BCUT2D eigenvalue weighted by atomic mass is 9.60. The molecule has 9 heteroatoms. The molecule has 6 rings (SSSR count). The highest BCUT2D eigenvalue weighted by atomic mass is 19.1. The number of carbonyl (C=O) groups excluding carboxylic acids is 3. The van der Waals surface area contributed by atoms with Crippen molar-refractivity contribution in [2.24, 2.45) is 11.3 Å². The molecule has 4 fully saturated rings. The van der Waals surface area contributed by atoms with Gasteiger partial charge in [0.15, 0.2) is 0 Å². The summed E-state index contributed by atoms with van der Waals surface area (Å²) in [6, 6.07) is 12.9. The number of carbonyl (C=O) groups is 3. The van der Waals surface area contributed by atoms with Gasteiger partial charge >= 0.3 is 0 Å². The Balaban J connectivity index is 0.948. The quantitative estimate of drug-likeness (QED) is 0.457. The van der Waals surface area contributed by atoms with Crippen LogP contribution in [0.1, 0.15) is 80.1 Å². The molecule has 43 heavy (non-hydrogen) atoms. The van der Waals surface area contributed by atoms with Crippen LogP contribution in [0.4, 0.5) is 10.1 Å². The zero-order chi connectivity index (χ0) is 30.1. The Morgan fingerprint density at radius 1 is 1.09 bits per heavy atom. The van der Waals surface area contributed by atoms with E-state index in [9.17, 15) is 14.4 Å². The number of anilines is 1. The fraction of sp³-hybridized carbons (Fsp3) is 0.559. The van der Waals surface area contributed by atoms with E-state index in [1.54, 1.807) is 19.2 Å². The summed E-state index contributed by atoms with van der Waals surface area (Å²) in [5.41, 5.74) is 2.23. The number of halogens is 1. The molecule has 0 bridgehead atoms. The number of nitrogens with zero attached hydrogens (tertiary/aromatic N) is 2. The van der Waals surface area contributed by atoms with Crippen LogP contribution in [-0.2, 0) is 9.59 Å². The van der Waals surface area contributed by atoms with Crippen LogP contribution in [0.15, 0.2) is 42.5 Å². The summed E-state index contributed by atoms with van der Waals surface area (Å²) in [5.74, 6) is -0.122. The van der Waals surface area contributed by atoms with Gasteiger partial charge in [0.25, 0.3) is 5.91 Å². The second kappa shape index (κ2) is 12.3. The van der Waals surface area contributed by atoms with Crippen molar-refractivity contribution in [2.45, 2.75) is 76.3 Å². The van der Waals surface area contributed by atoms with Crippen LogP contribution < -0.4 is 20.3 Å². The summed E-state index contributed by atoms with van der Waals surface area (Å²) in [4.78, 5) is 41.2. The van der Waals surface area contributed by atoms with E-state index in [0.29, 0.717) is 40.3 Å². The summed E-state index contributed by atoms with van der Waals surface area (Å²) in [6.07, 6.45) is 7.22. The smallest absolute Gasteiger partial charge is 0.251 e. The molecule has 1 spiro atoms. The maximum Gasteiger partial charge on any atom is 0.251 e. The molecule has 4 aliphatic rings. The summed E-state index contributed by atoms with van der Waals surface area (Å²) in [6.45, 7) is 6.27. The van der Waals surface area contributed by atoms with Gasteiger partial charge < -0.3 is 19.9 Å². The van der Waals surface area contributed by atoms with Gasteiger partial charge in [0, 0.05) is 37.2 Å². The molecule has 2 aromatic carbocycles. The second-order valence-corrected chi connectivity index (χ2v) is 13.3. The van der Waals surface area contributed by atoms with E-state index in [-0.39, 0.29) is 42.0 Å². The van der Waals surface area contributed by atoms with Gasteiger partial charge in [-0.05, 0) is 112 Å². The van der Waals surface area contributed by atoms with E-state index < -0.39 is 5.92 Å². The third kappa shape index (κ3) is 6.42. The number of methoxy groups -OCH3 is 1. The van der Waals surface area contributed by atoms with Gasteiger partial charge in [0.2, 0.25) is 11.8 Å². The molecule has 3 unspecified atom stereocenters. The summed E-state index contributed by atoms with van der Waals surface area (Å²) < 4.78 is 20.5. The molecule has 2 aromatic rings. The van der Waals surface area contributed by atoms with Crippen LogP contribution in [0.25, 0.3) is 0 Å². The van der Waals surface area contributed by atoms with E-state index in [1.165, 1.54) is 18.9 Å². The predicted octanol–water partition coefficient (Wildman–Crippen LogP) is 4.63. The molecule has 1 saturated carbocycles. The van der Waals surface area contributed by atoms with Crippen LogP contribution >= 0.6 is 0 Å². The lowest BCUT2D eigenvalue weighted by molar-refractivity contribution is -0.134. The Kier molecular flexibility index (Phi) is 8.45. The minimum atomic E-state index is -0.475. The monoisotopic (exact) mass is 590 g/mol. The van der Waals surface area contributed by atoms with Crippen LogP contribution in [0, 0.1) is 17.2 Å². The number of benzene rings is 2. The molecule has 3 atom stereocenters. The van der Waals surface area contributed by atoms with Crippen LogP contribution in [0.5, 0.6) is 5.75 Å². The summed E-state index contributed by atoms with van der Waals surface area (Å²) in [7, 11) is 1.61. The number of rotatable bonds is 7. The molecule has 3 aliphatic heterocycles. The van der Waals surface area contributed by atoms with Crippen LogP contribution in [0.3, 0.4) is 0 Å². The van der Waals surface area contributed by atoms with Crippen molar-refractivity contribution in [1.29, 1.82) is 0 Å². The van der Waals surface area contributed by atoms with Gasteiger partial charge in [-0.15, -0.1) is 0 Å². The SMILES string of the molecule is COc1cccc(C(=O)NC2CC3(CCN(CC4CCN(c5ccc(C6CCC(=O)NC6=O)cc5F)C(C)C4)CC3)C2)c1. The first-order chi connectivity index (χ1) is 20.7. The average Bonchev–Trinajstić information content (AvgIpc) is 2.98. The maximum absolute atomic E-state index is 15.3. The van der Waals surface area contributed by atoms with Gasteiger partial charge in [-0.3, -0.25) is 19.7 Å². The van der Waals surface area contributed by atoms with E-state index in [2.05, 4.69) is 27.4 Å². The predicted molar refractivity (Wildman–Crippen MR) is 163 cm³/mol. The fourth-order valence-electron chi connectivity index (χ4n) is 7.88. The van der Waals surface area contributed by atoms with Crippen molar-refractivity contribution in [3.05, 3.63) is 59.4 Å². The number of nitrogens with one attached hydrogen (secondary N) is 2. The van der Waals surface area contributed by atoms with Crippen molar-refractivity contribution in [2.75, 3.05) is 38.2 Å². The zero-order valence-electron chi connectivity index (χ0n) is 25.2. The Bertz CT molecular complexity index is 1370. The lowest BCUT2D eigenvalue weighted by Crippen LogP contribution is -2.55. The first-order valence-corrected chi connectivity index (χ1v) is 15.8. The number of amides is 3. The summed E-state index contributed by atoms with van der Waals surface area (Å²) >= 11 is 0. The van der Waals surface area contributed by atoms with Crippen molar-refractivity contribution in [1.82, 2.24) is 15.5 Å². The Morgan fingerprint density at radius 2 is 1.88 bits per heavy atom. The van der Waals surface area contributed by atoms with Gasteiger partial charge in [-0.2, -0.15) is 0 Å². The topological polar surface area (TPSA) is 91.0 Å². The highest BCUT2D eigenvalue weighted by Crippen LogP contribution is 2.49. The molecular weight excluding hydrogens is 547 g/mol. The standard InChI is InChI=1S/C34H43FN4O4/c1-22-16-23(10-13-39(22)30-8-6-24(18-29(30)35)28-7-9-31(40)37-33(28)42)21-38-14-11-34(12-15-38)19-26(20-34)36-32(41)25-4-3-5-27(17-25)43-2/h3-6,8,17-18,22-23,26,28H,7,9-16,19-21H2,1-2H3,(H,36,41)(H,37,40,42). The van der Waals surface area contributed by atoms with Gasteiger partial charge in [0.05, 0.1) is 18.7 Å². The Morgan fingerprint density at radius 3 is 2.58 bits per heavy atom. The molecule has 3 amide bonds. The van der Waals surface area contributed by atoms with Crippen LogP contribution in [-0.4, -0.2) is 68.0 Å². The van der Waals surface area contributed by atoms with E-state index in [1.807, 2.05) is 24.3 Å². The van der Waals surface area contributed by atoms with E-state index in [0.717, 1.165) is 51.9 Å². The maximum atomic E-state index is 15.3. The third-order valence-corrected chi connectivity index (χ3v) is 10.4. The van der Waals surface area contributed by atoms with Crippen molar-refractivity contribution >= 4 is 23.4 Å². The molecule has 3 heterocycles. The van der Waals surface area contributed by atoms with Crippen LogP contribution in [0.2, 0.25) is 0 Å². The number of ether oxygens (including phenoxy) is 1.